The highest BCUT2D eigenvalue weighted by molar-refractivity contribution is 6.05. The van der Waals surface area contributed by atoms with Gasteiger partial charge in [-0.3, -0.25) is 34.9 Å². The zero-order valence-electron chi connectivity index (χ0n) is 14.8. The summed E-state index contributed by atoms with van der Waals surface area (Å²) >= 11 is 0. The van der Waals surface area contributed by atoms with Gasteiger partial charge < -0.3 is 0 Å². The summed E-state index contributed by atoms with van der Waals surface area (Å²) in [4.78, 5) is 49.8. The summed E-state index contributed by atoms with van der Waals surface area (Å²) in [7, 11) is 0. The molecule has 1 saturated carbocycles. The normalized spacial score (nSPS) is 22.1. The molecule has 1 aromatic rings. The number of nitrogens with zero attached hydrogens (tertiary/aromatic N) is 1. The third-order valence-corrected chi connectivity index (χ3v) is 5.12. The number of hydrogen-bond donors (Lipinski definition) is 2. The molecule has 1 aromatic carbocycles. The van der Waals surface area contributed by atoms with E-state index >= 15 is 0 Å². The number of hydrogen-bond acceptors (Lipinski definition) is 4. The monoisotopic (exact) mass is 357 g/mol. The first-order valence-electron chi connectivity index (χ1n) is 8.98. The Bertz CT molecular complexity index is 705. The fourth-order valence-corrected chi connectivity index (χ4v) is 3.63. The number of carbonyl (C=O) groups is 4. The van der Waals surface area contributed by atoms with Gasteiger partial charge in [0.1, 0.15) is 0 Å². The summed E-state index contributed by atoms with van der Waals surface area (Å²) in [5.74, 6) is -1.59. The first-order chi connectivity index (χ1) is 12.5. The molecule has 0 unspecified atom stereocenters. The fraction of sp³-hybridized carbons (Fsp3) is 0.474. The van der Waals surface area contributed by atoms with Crippen molar-refractivity contribution in [3.8, 4) is 0 Å². The highest BCUT2D eigenvalue weighted by Gasteiger charge is 2.47. The van der Waals surface area contributed by atoms with Crippen LogP contribution in [0.3, 0.4) is 0 Å². The third kappa shape index (κ3) is 3.76. The van der Waals surface area contributed by atoms with Gasteiger partial charge >= 0.3 is 0 Å². The first-order valence-corrected chi connectivity index (χ1v) is 8.98. The highest BCUT2D eigenvalue weighted by Crippen LogP contribution is 2.37. The summed E-state index contributed by atoms with van der Waals surface area (Å²) in [5, 5.41) is 0. The lowest BCUT2D eigenvalue weighted by molar-refractivity contribution is -0.140. The molecule has 2 fully saturated rings. The van der Waals surface area contributed by atoms with E-state index < -0.39 is 11.8 Å². The minimum Gasteiger partial charge on any atom is -0.282 e. The lowest BCUT2D eigenvalue weighted by atomic mass is 9.81. The molecule has 1 saturated heterocycles. The van der Waals surface area contributed by atoms with Crippen LogP contribution in [0.25, 0.3) is 0 Å². The molecule has 2 aliphatic rings. The van der Waals surface area contributed by atoms with E-state index in [4.69, 9.17) is 0 Å². The smallest absolute Gasteiger partial charge is 0.269 e. The second-order valence-corrected chi connectivity index (χ2v) is 6.94. The minimum atomic E-state index is -0.444. The van der Waals surface area contributed by atoms with Crippen molar-refractivity contribution in [2.45, 2.75) is 39.0 Å². The molecule has 0 radical (unpaired) electrons. The van der Waals surface area contributed by atoms with Crippen molar-refractivity contribution in [1.82, 2.24) is 15.8 Å². The standard InChI is InChI=1S/C19H23N3O4/c1-12-6-8-13(9-7-12)17(24)21-20-16(23)10-11-22-18(25)14-4-2-3-5-15(14)19(22)26/h6-9,14-15H,2-5,10-11H2,1H3,(H,20,23)(H,21,24)/t14-,15-/m1/s1. The second-order valence-electron chi connectivity index (χ2n) is 6.94. The molecule has 0 bridgehead atoms. The van der Waals surface area contributed by atoms with Crippen molar-refractivity contribution >= 4 is 23.6 Å². The third-order valence-electron chi connectivity index (χ3n) is 5.12. The molecule has 138 valence electrons. The summed E-state index contributed by atoms with van der Waals surface area (Å²) in [6.45, 7) is 1.97. The van der Waals surface area contributed by atoms with Gasteiger partial charge in [0.05, 0.1) is 11.8 Å². The Kier molecular flexibility index (Phi) is 5.35. The molecule has 0 spiro atoms. The lowest BCUT2D eigenvalue weighted by Gasteiger charge is -2.19. The average Bonchev–Trinajstić information content (AvgIpc) is 2.89. The van der Waals surface area contributed by atoms with E-state index in [1.165, 1.54) is 4.90 Å². The van der Waals surface area contributed by atoms with E-state index in [9.17, 15) is 19.2 Å². The van der Waals surface area contributed by atoms with E-state index in [0.717, 1.165) is 31.2 Å². The van der Waals surface area contributed by atoms with Gasteiger partial charge in [0.15, 0.2) is 0 Å². The molecular weight excluding hydrogens is 334 g/mol. The number of hydrazine groups is 1. The number of aryl methyl sites for hydroxylation is 1. The molecule has 4 amide bonds. The van der Waals surface area contributed by atoms with Gasteiger partial charge in [-0.1, -0.05) is 30.5 Å². The molecule has 2 N–H and O–H groups in total. The number of rotatable bonds is 4. The second kappa shape index (κ2) is 7.68. The van der Waals surface area contributed by atoms with Crippen molar-refractivity contribution in [1.29, 1.82) is 0 Å². The largest absolute Gasteiger partial charge is 0.282 e. The predicted octanol–water partition coefficient (Wildman–Crippen LogP) is 1.32. The molecule has 26 heavy (non-hydrogen) atoms. The van der Waals surface area contributed by atoms with Gasteiger partial charge in [-0.05, 0) is 31.9 Å². The number of imide groups is 1. The summed E-state index contributed by atoms with van der Waals surface area (Å²) in [5.41, 5.74) is 6.13. The first kappa shape index (κ1) is 18.1. The molecule has 7 nitrogen and oxygen atoms in total. The maximum atomic E-state index is 12.3. The topological polar surface area (TPSA) is 95.6 Å². The maximum absolute atomic E-state index is 12.3. The van der Waals surface area contributed by atoms with Gasteiger partial charge in [-0.25, -0.2) is 0 Å². The van der Waals surface area contributed by atoms with Crippen LogP contribution in [0.2, 0.25) is 0 Å². The molecule has 1 heterocycles. The van der Waals surface area contributed by atoms with Crippen LogP contribution < -0.4 is 10.9 Å². The van der Waals surface area contributed by atoms with Crippen LogP contribution in [-0.4, -0.2) is 35.1 Å². The van der Waals surface area contributed by atoms with Crippen molar-refractivity contribution in [3.63, 3.8) is 0 Å². The van der Waals surface area contributed by atoms with Crippen LogP contribution in [0.15, 0.2) is 24.3 Å². The summed E-state index contributed by atoms with van der Waals surface area (Å²) in [6.07, 6.45) is 3.42. The van der Waals surface area contributed by atoms with Crippen molar-refractivity contribution in [2.75, 3.05) is 6.54 Å². The van der Waals surface area contributed by atoms with Crippen LogP contribution in [0.5, 0.6) is 0 Å². The fourth-order valence-electron chi connectivity index (χ4n) is 3.63. The molecule has 7 heteroatoms. The van der Waals surface area contributed by atoms with E-state index in [0.29, 0.717) is 5.56 Å². The van der Waals surface area contributed by atoms with E-state index in [-0.39, 0.29) is 36.6 Å². The Balaban J connectivity index is 1.47. The van der Waals surface area contributed by atoms with E-state index in [1.54, 1.807) is 24.3 Å². The quantitative estimate of drug-likeness (QED) is 0.627. The van der Waals surface area contributed by atoms with E-state index in [1.807, 2.05) is 6.92 Å². The Morgan fingerprint density at radius 3 is 2.15 bits per heavy atom. The van der Waals surface area contributed by atoms with Crippen LogP contribution in [0, 0.1) is 18.8 Å². The van der Waals surface area contributed by atoms with Gasteiger partial charge in [0.25, 0.3) is 5.91 Å². The predicted molar refractivity (Wildman–Crippen MR) is 93.6 cm³/mol. The number of carbonyl (C=O) groups excluding carboxylic acids is 4. The highest BCUT2D eigenvalue weighted by atomic mass is 16.2. The zero-order chi connectivity index (χ0) is 18.7. The molecule has 0 aromatic heterocycles. The Morgan fingerprint density at radius 2 is 1.58 bits per heavy atom. The molecule has 3 rings (SSSR count). The molecular formula is C19H23N3O4. The maximum Gasteiger partial charge on any atom is 0.269 e. The SMILES string of the molecule is Cc1ccc(C(=O)NNC(=O)CCN2C(=O)[C@@H]3CCCC[C@H]3C2=O)cc1. The average molecular weight is 357 g/mol. The van der Waals surface area contributed by atoms with Gasteiger partial charge in [0.2, 0.25) is 17.7 Å². The summed E-state index contributed by atoms with van der Waals surface area (Å²) < 4.78 is 0. The Labute approximate surface area is 152 Å². The van der Waals surface area contributed by atoms with Crippen LogP contribution in [0.1, 0.15) is 48.0 Å². The number of nitrogens with one attached hydrogen (secondary N) is 2. The summed E-state index contributed by atoms with van der Waals surface area (Å²) in [6, 6.07) is 6.95. The van der Waals surface area contributed by atoms with Gasteiger partial charge in [-0.15, -0.1) is 0 Å². The van der Waals surface area contributed by atoms with E-state index in [2.05, 4.69) is 10.9 Å². The Morgan fingerprint density at radius 1 is 1.00 bits per heavy atom. The van der Waals surface area contributed by atoms with Crippen molar-refractivity contribution in [2.24, 2.45) is 11.8 Å². The number of likely N-dealkylation sites (tertiary alicyclic amines) is 1. The van der Waals surface area contributed by atoms with Crippen LogP contribution in [0.4, 0.5) is 0 Å². The van der Waals surface area contributed by atoms with Crippen LogP contribution >= 0.6 is 0 Å². The molecule has 2 atom stereocenters. The number of amides is 4. The Hall–Kier alpha value is -2.70. The van der Waals surface area contributed by atoms with Crippen molar-refractivity contribution < 1.29 is 19.2 Å². The zero-order valence-corrected chi connectivity index (χ0v) is 14.8. The van der Waals surface area contributed by atoms with Gasteiger partial charge in [-0.2, -0.15) is 0 Å². The van der Waals surface area contributed by atoms with Gasteiger partial charge in [0, 0.05) is 18.5 Å². The molecule has 1 aliphatic carbocycles. The van der Waals surface area contributed by atoms with Crippen LogP contribution in [-0.2, 0) is 14.4 Å². The lowest BCUT2D eigenvalue weighted by Crippen LogP contribution is -2.43. The number of benzene rings is 1. The van der Waals surface area contributed by atoms with Crippen molar-refractivity contribution in [3.05, 3.63) is 35.4 Å². The molecule has 1 aliphatic heterocycles. The minimum absolute atomic E-state index is 0.0366. The number of fused-ring (bicyclic) bond motifs is 1.